The molecule has 0 atom stereocenters. The molecule has 0 bridgehead atoms. The van der Waals surface area contributed by atoms with Crippen molar-refractivity contribution in [1.29, 1.82) is 0 Å². The zero-order valence-electron chi connectivity index (χ0n) is 10.3. The second kappa shape index (κ2) is 5.76. The van der Waals surface area contributed by atoms with E-state index < -0.39 is 10.0 Å². The van der Waals surface area contributed by atoms with Crippen molar-refractivity contribution >= 4 is 49.1 Å². The summed E-state index contributed by atoms with van der Waals surface area (Å²) in [7, 11) is -3.43. The molecule has 0 N–H and O–H groups in total. The van der Waals surface area contributed by atoms with Crippen LogP contribution in [-0.2, 0) is 10.0 Å². The molecule has 0 aliphatic carbocycles. The summed E-state index contributed by atoms with van der Waals surface area (Å²) < 4.78 is 27.2. The smallest absolute Gasteiger partial charge is 0.223 e. The van der Waals surface area contributed by atoms with Crippen molar-refractivity contribution in [2.45, 2.75) is 5.03 Å². The second-order valence-corrected chi connectivity index (χ2v) is 8.95. The van der Waals surface area contributed by atoms with E-state index in [1.165, 1.54) is 15.6 Å². The van der Waals surface area contributed by atoms with Crippen LogP contribution in [0.1, 0.15) is 0 Å². The molecular formula is C12H11BrN2O2S3. The summed E-state index contributed by atoms with van der Waals surface area (Å²) in [5.74, 6) is 1.37. The van der Waals surface area contributed by atoms with Crippen molar-refractivity contribution in [3.63, 3.8) is 0 Å². The molecule has 1 fully saturated rings. The van der Waals surface area contributed by atoms with Gasteiger partial charge >= 0.3 is 0 Å². The highest BCUT2D eigenvalue weighted by Crippen LogP contribution is 2.29. The minimum absolute atomic E-state index is 0.155. The molecule has 1 aromatic heterocycles. The van der Waals surface area contributed by atoms with Crippen LogP contribution < -0.4 is 0 Å². The van der Waals surface area contributed by atoms with Crippen LogP contribution in [0.5, 0.6) is 0 Å². The summed E-state index contributed by atoms with van der Waals surface area (Å²) in [4.78, 5) is 4.29. The maximum absolute atomic E-state index is 12.4. The normalized spacial score (nSPS) is 16.6. The average Bonchev–Trinajstić information content (AvgIpc) is 3.12. The molecule has 0 amide bonds. The van der Waals surface area contributed by atoms with Gasteiger partial charge < -0.3 is 0 Å². The van der Waals surface area contributed by atoms with Gasteiger partial charge in [0.05, 0.1) is 5.88 Å². The lowest BCUT2D eigenvalue weighted by molar-refractivity contribution is 0.487. The first-order valence-electron chi connectivity index (χ1n) is 5.87. The van der Waals surface area contributed by atoms with Crippen LogP contribution in [0.25, 0.3) is 10.6 Å². The van der Waals surface area contributed by atoms with E-state index in [-0.39, 0.29) is 5.03 Å². The van der Waals surface area contributed by atoms with Gasteiger partial charge in [-0.15, -0.1) is 23.1 Å². The van der Waals surface area contributed by atoms with Crippen molar-refractivity contribution in [2.24, 2.45) is 0 Å². The molecular weight excluding hydrogens is 380 g/mol. The minimum atomic E-state index is -3.43. The zero-order chi connectivity index (χ0) is 14.2. The molecule has 0 spiro atoms. The zero-order valence-corrected chi connectivity index (χ0v) is 14.4. The summed E-state index contributed by atoms with van der Waals surface area (Å²) in [5.41, 5.74) is 0.926. The molecule has 2 aromatic rings. The first kappa shape index (κ1) is 14.5. The van der Waals surface area contributed by atoms with Crippen molar-refractivity contribution in [1.82, 2.24) is 9.29 Å². The maximum Gasteiger partial charge on any atom is 0.262 e. The Kier molecular flexibility index (Phi) is 4.19. The monoisotopic (exact) mass is 390 g/mol. The van der Waals surface area contributed by atoms with E-state index in [0.29, 0.717) is 12.4 Å². The molecule has 1 aliphatic rings. The first-order valence-corrected chi connectivity index (χ1v) is 10.1. The molecule has 20 heavy (non-hydrogen) atoms. The number of aromatic nitrogens is 1. The molecule has 106 valence electrons. The summed E-state index contributed by atoms with van der Waals surface area (Å²) in [6, 6.07) is 7.68. The van der Waals surface area contributed by atoms with Crippen LogP contribution in [0.15, 0.2) is 39.1 Å². The molecule has 8 heteroatoms. The van der Waals surface area contributed by atoms with Gasteiger partial charge in [-0.3, -0.25) is 0 Å². The third kappa shape index (κ3) is 2.80. The maximum atomic E-state index is 12.4. The molecule has 1 aliphatic heterocycles. The predicted octanol–water partition coefficient (Wildman–Crippen LogP) is 3.27. The minimum Gasteiger partial charge on any atom is -0.223 e. The van der Waals surface area contributed by atoms with Gasteiger partial charge in [0.1, 0.15) is 5.01 Å². The SMILES string of the molecule is O=S(=O)(c1csc(-c2ccc(Br)cc2)n1)N1CCSC1. The van der Waals surface area contributed by atoms with Crippen LogP contribution in [0.3, 0.4) is 0 Å². The quantitative estimate of drug-likeness (QED) is 0.806. The Hall–Kier alpha value is -0.410. The highest BCUT2D eigenvalue weighted by molar-refractivity contribution is 9.10. The number of rotatable bonds is 3. The topological polar surface area (TPSA) is 50.3 Å². The first-order chi connectivity index (χ1) is 9.57. The van der Waals surface area contributed by atoms with E-state index in [2.05, 4.69) is 20.9 Å². The van der Waals surface area contributed by atoms with Gasteiger partial charge in [-0.2, -0.15) is 4.31 Å². The number of thiazole rings is 1. The number of thioether (sulfide) groups is 1. The van der Waals surface area contributed by atoms with Crippen LogP contribution in [0, 0.1) is 0 Å². The standard InChI is InChI=1S/C12H11BrN2O2S3/c13-10-3-1-9(2-4-10)12-14-11(7-19-12)20(16,17)15-5-6-18-8-15/h1-4,7H,5-6,8H2. The summed E-state index contributed by atoms with van der Waals surface area (Å²) in [6.07, 6.45) is 0. The lowest BCUT2D eigenvalue weighted by Crippen LogP contribution is -2.28. The van der Waals surface area contributed by atoms with E-state index in [4.69, 9.17) is 0 Å². The van der Waals surface area contributed by atoms with Gasteiger partial charge in [-0.1, -0.05) is 28.1 Å². The fraction of sp³-hybridized carbons (Fsp3) is 0.250. The summed E-state index contributed by atoms with van der Waals surface area (Å²) in [5, 5.41) is 2.50. The third-order valence-corrected chi connectivity index (χ3v) is 7.33. The van der Waals surface area contributed by atoms with Gasteiger partial charge in [-0.05, 0) is 12.1 Å². The number of hydrogen-bond acceptors (Lipinski definition) is 5. The predicted molar refractivity (Wildman–Crippen MR) is 86.5 cm³/mol. The van der Waals surface area contributed by atoms with Crippen molar-refractivity contribution in [3.05, 3.63) is 34.1 Å². The number of benzene rings is 1. The Balaban J connectivity index is 1.92. The lowest BCUT2D eigenvalue weighted by Gasteiger charge is -2.11. The number of nitrogens with zero attached hydrogens (tertiary/aromatic N) is 2. The van der Waals surface area contributed by atoms with Crippen molar-refractivity contribution in [3.8, 4) is 10.6 Å². The van der Waals surface area contributed by atoms with E-state index in [1.54, 1.807) is 17.1 Å². The highest BCUT2D eigenvalue weighted by atomic mass is 79.9. The van der Waals surface area contributed by atoms with E-state index in [9.17, 15) is 8.42 Å². The third-order valence-electron chi connectivity index (χ3n) is 2.90. The molecule has 1 saturated heterocycles. The molecule has 0 radical (unpaired) electrons. The van der Waals surface area contributed by atoms with Crippen LogP contribution in [-0.4, -0.2) is 35.9 Å². The highest BCUT2D eigenvalue weighted by Gasteiger charge is 2.29. The fourth-order valence-corrected chi connectivity index (χ4v) is 5.97. The molecule has 4 nitrogen and oxygen atoms in total. The van der Waals surface area contributed by atoms with Gasteiger partial charge in [0.15, 0.2) is 5.03 Å². The van der Waals surface area contributed by atoms with Crippen LogP contribution in [0.4, 0.5) is 0 Å². The van der Waals surface area contributed by atoms with Gasteiger partial charge in [0, 0.05) is 27.7 Å². The van der Waals surface area contributed by atoms with E-state index >= 15 is 0 Å². The Morgan fingerprint density at radius 1 is 1.25 bits per heavy atom. The van der Waals surface area contributed by atoms with Crippen molar-refractivity contribution < 1.29 is 8.42 Å². The summed E-state index contributed by atoms with van der Waals surface area (Å²) in [6.45, 7) is 0.568. The van der Waals surface area contributed by atoms with Gasteiger partial charge in [0.2, 0.25) is 0 Å². The Morgan fingerprint density at radius 2 is 2.00 bits per heavy atom. The molecule has 2 heterocycles. The Labute approximate surface area is 134 Å². The molecule has 1 aromatic carbocycles. The van der Waals surface area contributed by atoms with Crippen LogP contribution >= 0.6 is 39.0 Å². The molecule has 0 saturated carbocycles. The summed E-state index contributed by atoms with van der Waals surface area (Å²) >= 11 is 6.36. The van der Waals surface area contributed by atoms with Crippen LogP contribution in [0.2, 0.25) is 0 Å². The Bertz CT molecular complexity index is 707. The lowest BCUT2D eigenvalue weighted by atomic mass is 10.2. The second-order valence-electron chi connectivity index (χ2n) is 4.22. The average molecular weight is 391 g/mol. The number of hydrogen-bond donors (Lipinski definition) is 0. The van der Waals surface area contributed by atoms with E-state index in [0.717, 1.165) is 20.8 Å². The fourth-order valence-electron chi connectivity index (χ4n) is 1.82. The largest absolute Gasteiger partial charge is 0.262 e. The molecule has 0 unspecified atom stereocenters. The van der Waals surface area contributed by atoms with Gasteiger partial charge in [0.25, 0.3) is 10.0 Å². The van der Waals surface area contributed by atoms with Crippen molar-refractivity contribution in [2.75, 3.05) is 18.2 Å². The van der Waals surface area contributed by atoms with Gasteiger partial charge in [-0.25, -0.2) is 13.4 Å². The number of sulfonamides is 1. The van der Waals surface area contributed by atoms with E-state index in [1.807, 2.05) is 24.3 Å². The number of halogens is 1. The molecule has 3 rings (SSSR count). The Morgan fingerprint density at radius 3 is 2.65 bits per heavy atom.